The average Bonchev–Trinajstić information content (AvgIpc) is 0.818. The second-order valence-corrected chi connectivity index (χ2v) is 28.3. The van der Waals surface area contributed by atoms with Gasteiger partial charge in [0.15, 0.2) is 18.9 Å². The highest BCUT2D eigenvalue weighted by molar-refractivity contribution is 6.00. The van der Waals surface area contributed by atoms with E-state index in [0.29, 0.717) is 32.1 Å². The van der Waals surface area contributed by atoms with E-state index in [2.05, 4.69) is 42.2 Å². The number of unbranched alkanes of at least 4 members (excludes halogenated alkanes) is 2. The van der Waals surface area contributed by atoms with Crippen LogP contribution in [0.1, 0.15) is 120 Å². The van der Waals surface area contributed by atoms with Gasteiger partial charge in [0.25, 0.3) is 0 Å². The van der Waals surface area contributed by atoms with Gasteiger partial charge in [-0.25, -0.2) is 4.99 Å². The molecule has 4 unspecified atom stereocenters. The Morgan fingerprint density at radius 1 is 0.478 bits per heavy atom. The van der Waals surface area contributed by atoms with Crippen LogP contribution in [-0.2, 0) is 119 Å². The number of aliphatic carboxylic acids is 1. The van der Waals surface area contributed by atoms with E-state index in [1.165, 1.54) is 27.7 Å². The Labute approximate surface area is 659 Å². The topological polar surface area (TPSA) is 560 Å². The fraction of sp³-hybridized carbons (Fsp3) is 0.861. The predicted molar refractivity (Wildman–Crippen MR) is 395 cm³/mol. The standard InChI is InChI=1S/C72H128N8O33/c1-45-58(75-47(3)83)68(112-52(40-81)61(45)91)107-37-34-101-25-22-98-28-31-105-43-55(87)74-20-13-11-15-51(67(97)80-71(6,7)18-21-110-72(8,9)17-16-57(89)90)79-66(96)50(78-56(88)44-106-33-30-100-24-26-102-35-38-108-69-59(76-48(4)84)64(94)62(92)46(2)111-69)14-10-12-19-73-54(86)42-104-32-29-99-23-27-103-36-39-109-70-60(77-49(5)85)65(95)63(93)53(41-82)113-70/h45-46,50-53,58,60-65,68-70,81-82,91-95H,10-44H2,1-9H3,(H,73,86)(H,74,87)(H,75,83)(H,77,85)(H,78,88)(H,79,96)(H,80,97)(H,89,90)/t45-,46-,50+,51+,52-,53?,58?,60?,61-,62+,63+,64?,65-,68-,69-,70-/m1/s1. The molecule has 16 atom stereocenters. The summed E-state index contributed by atoms with van der Waals surface area (Å²) in [7, 11) is 0. The summed E-state index contributed by atoms with van der Waals surface area (Å²) in [5.74, 6) is -5.64. The molecule has 3 aliphatic rings. The first-order valence-corrected chi connectivity index (χ1v) is 38.4. The number of nitrogens with one attached hydrogen (secondary N) is 7. The van der Waals surface area contributed by atoms with E-state index in [4.69, 9.17) is 75.8 Å². The molecule has 0 aromatic heterocycles. The Morgan fingerprint density at radius 3 is 1.36 bits per heavy atom. The van der Waals surface area contributed by atoms with E-state index in [1.54, 1.807) is 34.6 Å². The summed E-state index contributed by atoms with van der Waals surface area (Å²) in [6, 6.07) is -4.12. The Bertz CT molecular complexity index is 2780. The minimum absolute atomic E-state index is 0.0202. The van der Waals surface area contributed by atoms with Crippen LogP contribution in [0.25, 0.3) is 0 Å². The van der Waals surface area contributed by atoms with Crippen molar-refractivity contribution in [3.05, 3.63) is 0 Å². The monoisotopic (exact) mass is 1630 g/mol. The number of ether oxygens (including phenoxy) is 16. The summed E-state index contributed by atoms with van der Waals surface area (Å²) in [6.07, 6.45) is -10.9. The smallest absolute Gasteiger partial charge is 0.303 e. The predicted octanol–water partition coefficient (Wildman–Crippen LogP) is -4.71. The second kappa shape index (κ2) is 57.3. The number of hydrogen-bond donors (Lipinski definition) is 15. The van der Waals surface area contributed by atoms with Gasteiger partial charge in [0.2, 0.25) is 47.3 Å². The lowest BCUT2D eigenvalue weighted by Gasteiger charge is -2.43. The number of aliphatic hydroxyl groups excluding tert-OH is 7. The van der Waals surface area contributed by atoms with Gasteiger partial charge in [-0.15, -0.1) is 0 Å². The average molecular weight is 1630 g/mol. The van der Waals surface area contributed by atoms with Crippen LogP contribution in [0, 0.1) is 5.92 Å². The highest BCUT2D eigenvalue weighted by Gasteiger charge is 2.47. The Balaban J connectivity index is 1.54. The normalized spacial score (nSPS) is 24.2. The van der Waals surface area contributed by atoms with Crippen molar-refractivity contribution in [1.29, 1.82) is 0 Å². The number of carbonyl (C=O) groups is 9. The molecule has 0 spiro atoms. The number of carbonyl (C=O) groups excluding carboxylic acids is 8. The Hall–Kier alpha value is -5.82. The largest absolute Gasteiger partial charge is 0.481 e. The molecule has 0 aromatic carbocycles. The molecule has 8 amide bonds. The quantitative estimate of drug-likeness (QED) is 0.0254. The Kier molecular flexibility index (Phi) is 51.4. The van der Waals surface area contributed by atoms with Crippen molar-refractivity contribution in [1.82, 2.24) is 37.2 Å². The number of amides is 8. The molecular weight excluding hydrogens is 1500 g/mol. The van der Waals surface area contributed by atoms with Gasteiger partial charge in [-0.3, -0.25) is 43.2 Å². The summed E-state index contributed by atoms with van der Waals surface area (Å²) in [5.41, 5.74) is -1.85. The van der Waals surface area contributed by atoms with Crippen molar-refractivity contribution in [3.63, 3.8) is 0 Å². The van der Waals surface area contributed by atoms with Crippen molar-refractivity contribution >= 4 is 58.9 Å². The van der Waals surface area contributed by atoms with Gasteiger partial charge in [0.05, 0.1) is 156 Å². The molecule has 0 radical (unpaired) electrons. The maximum atomic E-state index is 14.4. The first-order chi connectivity index (χ1) is 53.8. The highest BCUT2D eigenvalue weighted by atomic mass is 16.7. The number of aliphatic hydroxyl groups is 7. The molecule has 3 saturated heterocycles. The summed E-state index contributed by atoms with van der Waals surface area (Å²) >= 11 is 0. The lowest BCUT2D eigenvalue weighted by molar-refractivity contribution is -0.272. The first-order valence-electron chi connectivity index (χ1n) is 38.4. The number of nitrogens with zero attached hydrogens (tertiary/aromatic N) is 1. The molecule has 113 heavy (non-hydrogen) atoms. The highest BCUT2D eigenvalue weighted by Crippen LogP contribution is 2.28. The zero-order valence-corrected chi connectivity index (χ0v) is 66.7. The lowest BCUT2D eigenvalue weighted by Crippen LogP contribution is -2.64. The number of rotatable bonds is 62. The molecule has 0 aliphatic carbocycles. The molecule has 3 rings (SSSR count). The van der Waals surface area contributed by atoms with Crippen molar-refractivity contribution in [2.24, 2.45) is 10.9 Å². The zero-order chi connectivity index (χ0) is 83.7. The molecule has 15 N–H and O–H groups in total. The van der Waals surface area contributed by atoms with Crippen LogP contribution in [0.2, 0.25) is 0 Å². The molecule has 41 nitrogen and oxygen atoms in total. The summed E-state index contributed by atoms with van der Waals surface area (Å²) in [5, 5.41) is 99.3. The van der Waals surface area contributed by atoms with Crippen LogP contribution < -0.4 is 37.2 Å². The van der Waals surface area contributed by atoms with Gasteiger partial charge in [0, 0.05) is 58.3 Å². The summed E-state index contributed by atoms with van der Waals surface area (Å²) in [4.78, 5) is 118. The van der Waals surface area contributed by atoms with Crippen LogP contribution in [0.4, 0.5) is 0 Å². The van der Waals surface area contributed by atoms with E-state index in [1.807, 2.05) is 0 Å². The maximum absolute atomic E-state index is 14.4. The summed E-state index contributed by atoms with van der Waals surface area (Å²) < 4.78 is 89.6. The van der Waals surface area contributed by atoms with Crippen LogP contribution in [0.5, 0.6) is 0 Å². The zero-order valence-electron chi connectivity index (χ0n) is 66.7. The van der Waals surface area contributed by atoms with E-state index in [9.17, 15) is 84.0 Å². The van der Waals surface area contributed by atoms with Gasteiger partial charge in [-0.2, -0.15) is 0 Å². The van der Waals surface area contributed by atoms with Gasteiger partial charge >= 0.3 is 5.97 Å². The number of hydrogen-bond acceptors (Lipinski definition) is 32. The fourth-order valence-corrected chi connectivity index (χ4v) is 11.4. The number of carboxylic acids is 1. The van der Waals surface area contributed by atoms with Crippen molar-refractivity contribution < 1.29 is 160 Å². The van der Waals surface area contributed by atoms with E-state index in [-0.39, 0.29) is 189 Å². The van der Waals surface area contributed by atoms with Gasteiger partial charge in [-0.1, -0.05) is 6.92 Å². The third kappa shape index (κ3) is 43.3. The van der Waals surface area contributed by atoms with Crippen molar-refractivity contribution in [3.8, 4) is 0 Å². The molecule has 41 heteroatoms. The third-order valence-corrected chi connectivity index (χ3v) is 17.7. The van der Waals surface area contributed by atoms with Crippen LogP contribution in [0.15, 0.2) is 4.99 Å². The number of aliphatic imine (C=N–C) groups is 1. The molecule has 0 aromatic rings. The minimum atomic E-state index is -1.46. The summed E-state index contributed by atoms with van der Waals surface area (Å²) in [6.45, 7) is 14.2. The van der Waals surface area contributed by atoms with Gasteiger partial charge < -0.3 is 154 Å². The molecular formula is C72H128N8O33. The van der Waals surface area contributed by atoms with Crippen LogP contribution in [0.3, 0.4) is 0 Å². The van der Waals surface area contributed by atoms with E-state index < -0.39 is 176 Å². The van der Waals surface area contributed by atoms with Crippen LogP contribution >= 0.6 is 0 Å². The Morgan fingerprint density at radius 2 is 0.903 bits per heavy atom. The first kappa shape index (κ1) is 101. The third-order valence-electron chi connectivity index (χ3n) is 17.7. The van der Waals surface area contributed by atoms with Crippen molar-refractivity contribution in [2.75, 3.05) is 172 Å². The maximum Gasteiger partial charge on any atom is 0.303 e. The fourth-order valence-electron chi connectivity index (χ4n) is 11.4. The SMILES string of the molecule is CC(=O)N=C1C(O)[C@@H](O)[C@@H](C)O[C@H]1OCCOCCOCCOCC(=O)N[C@@H](CCCCNC(=O)COCCOCCOCCO[C@@H]1OC(CO)[C@H](O)[C@H](O)C1NC(C)=O)C(=O)N[C@@H](CCCCNC(=O)COCCOCCOCCO[C@@H]1O[C@H](CO)[C@H](O)[C@H](C)C1NC(C)=O)C(=O)NC(C)(C)CCOC(C)(C)CCC(=O)O. The molecule has 0 saturated carbocycles. The van der Waals surface area contributed by atoms with Gasteiger partial charge in [0.1, 0.15) is 80.3 Å². The molecule has 0 bridgehead atoms. The van der Waals surface area contributed by atoms with Crippen LogP contribution in [-0.4, -0.2) is 374 Å². The second-order valence-electron chi connectivity index (χ2n) is 28.3. The van der Waals surface area contributed by atoms with E-state index >= 15 is 0 Å². The molecule has 654 valence electrons. The molecule has 3 fully saturated rings. The van der Waals surface area contributed by atoms with Gasteiger partial charge in [-0.05, 0) is 86.0 Å². The van der Waals surface area contributed by atoms with Crippen molar-refractivity contribution in [2.45, 2.75) is 223 Å². The molecule has 3 heterocycles. The van der Waals surface area contributed by atoms with E-state index in [0.717, 1.165) is 0 Å². The number of carboxylic acid groups (broad SMARTS) is 1. The molecule has 3 aliphatic heterocycles. The lowest BCUT2D eigenvalue weighted by atomic mass is 9.89. The minimum Gasteiger partial charge on any atom is -0.481 e.